The molecule has 1 unspecified atom stereocenters. The van der Waals surface area contributed by atoms with Gasteiger partial charge in [-0.3, -0.25) is 0 Å². The number of aromatic nitrogens is 1. The molecule has 4 heteroatoms. The summed E-state index contributed by atoms with van der Waals surface area (Å²) >= 11 is 5.89. The first kappa shape index (κ1) is 13.4. The highest BCUT2D eigenvalue weighted by molar-refractivity contribution is 6.30. The number of nitrogens with zero attached hydrogens (tertiary/aromatic N) is 3. The molecule has 0 N–H and O–H groups in total. The number of anilines is 1. The van der Waals surface area contributed by atoms with Crippen LogP contribution in [0.25, 0.3) is 0 Å². The van der Waals surface area contributed by atoms with E-state index in [2.05, 4.69) is 22.9 Å². The van der Waals surface area contributed by atoms with Crippen LogP contribution in [0.2, 0.25) is 5.02 Å². The SMILES string of the molecule is CC(c1ccc(Cl)cc1)N(C)c1ccc(C#N)cn1. The van der Waals surface area contributed by atoms with Crippen LogP contribution in [0.5, 0.6) is 0 Å². The second-order valence-corrected chi connectivity index (χ2v) is 4.79. The lowest BCUT2D eigenvalue weighted by atomic mass is 10.1. The molecule has 3 nitrogen and oxygen atoms in total. The fourth-order valence-electron chi connectivity index (χ4n) is 1.82. The molecule has 1 atom stereocenters. The Morgan fingerprint density at radius 3 is 2.42 bits per heavy atom. The van der Waals surface area contributed by atoms with Gasteiger partial charge in [-0.15, -0.1) is 0 Å². The number of pyridine rings is 1. The van der Waals surface area contributed by atoms with Crippen molar-refractivity contribution in [2.45, 2.75) is 13.0 Å². The fourth-order valence-corrected chi connectivity index (χ4v) is 1.95. The molecule has 96 valence electrons. The van der Waals surface area contributed by atoms with Crippen LogP contribution in [-0.2, 0) is 0 Å². The van der Waals surface area contributed by atoms with E-state index in [0.717, 1.165) is 16.4 Å². The Morgan fingerprint density at radius 1 is 1.21 bits per heavy atom. The second-order valence-electron chi connectivity index (χ2n) is 4.36. The molecule has 0 aliphatic carbocycles. The summed E-state index contributed by atoms with van der Waals surface area (Å²) in [5.74, 6) is 0.835. The third kappa shape index (κ3) is 3.04. The Labute approximate surface area is 118 Å². The summed E-state index contributed by atoms with van der Waals surface area (Å²) in [6.45, 7) is 2.10. The van der Waals surface area contributed by atoms with Crippen LogP contribution >= 0.6 is 11.6 Å². The fraction of sp³-hybridized carbons (Fsp3) is 0.200. The summed E-state index contributed by atoms with van der Waals surface area (Å²) in [5.41, 5.74) is 1.73. The van der Waals surface area contributed by atoms with E-state index in [-0.39, 0.29) is 6.04 Å². The molecule has 0 spiro atoms. The average Bonchev–Trinajstić information content (AvgIpc) is 2.46. The smallest absolute Gasteiger partial charge is 0.128 e. The van der Waals surface area contributed by atoms with Crippen LogP contribution in [0.1, 0.15) is 24.1 Å². The first-order valence-electron chi connectivity index (χ1n) is 5.96. The van der Waals surface area contributed by atoms with E-state index in [4.69, 9.17) is 16.9 Å². The first-order valence-corrected chi connectivity index (χ1v) is 6.34. The monoisotopic (exact) mass is 271 g/mol. The van der Waals surface area contributed by atoms with Gasteiger partial charge in [-0.05, 0) is 36.8 Å². The Bertz CT molecular complexity index is 584. The van der Waals surface area contributed by atoms with Crippen LogP contribution in [0.15, 0.2) is 42.6 Å². The van der Waals surface area contributed by atoms with Gasteiger partial charge in [0, 0.05) is 18.3 Å². The number of rotatable bonds is 3. The van der Waals surface area contributed by atoms with Crippen molar-refractivity contribution >= 4 is 17.4 Å². The van der Waals surface area contributed by atoms with Crippen LogP contribution in [-0.4, -0.2) is 12.0 Å². The molecule has 2 aromatic rings. The molecule has 0 saturated carbocycles. The van der Waals surface area contributed by atoms with Gasteiger partial charge in [0.25, 0.3) is 0 Å². The second kappa shape index (κ2) is 5.73. The first-order chi connectivity index (χ1) is 9.11. The molecule has 0 aliphatic rings. The lowest BCUT2D eigenvalue weighted by molar-refractivity contribution is 0.729. The lowest BCUT2D eigenvalue weighted by Crippen LogP contribution is -2.22. The van der Waals surface area contributed by atoms with E-state index >= 15 is 0 Å². The van der Waals surface area contributed by atoms with Gasteiger partial charge in [0.1, 0.15) is 11.9 Å². The predicted octanol–water partition coefficient (Wildman–Crippen LogP) is 3.80. The van der Waals surface area contributed by atoms with Crippen LogP contribution in [0.4, 0.5) is 5.82 Å². The van der Waals surface area contributed by atoms with Gasteiger partial charge in [-0.1, -0.05) is 23.7 Å². The van der Waals surface area contributed by atoms with Crippen LogP contribution < -0.4 is 4.90 Å². The quantitative estimate of drug-likeness (QED) is 0.852. The highest BCUT2D eigenvalue weighted by Gasteiger charge is 2.13. The third-order valence-corrected chi connectivity index (χ3v) is 3.42. The molecular weight excluding hydrogens is 258 g/mol. The summed E-state index contributed by atoms with van der Waals surface area (Å²) < 4.78 is 0. The van der Waals surface area contributed by atoms with Gasteiger partial charge in [-0.25, -0.2) is 4.98 Å². The number of benzene rings is 1. The summed E-state index contributed by atoms with van der Waals surface area (Å²) in [7, 11) is 1.98. The third-order valence-electron chi connectivity index (χ3n) is 3.17. The maximum absolute atomic E-state index is 8.76. The summed E-state index contributed by atoms with van der Waals surface area (Å²) in [5, 5.41) is 9.50. The van der Waals surface area contributed by atoms with E-state index in [1.54, 1.807) is 12.3 Å². The van der Waals surface area contributed by atoms with Crippen molar-refractivity contribution in [3.8, 4) is 6.07 Å². The van der Waals surface area contributed by atoms with Crippen molar-refractivity contribution in [2.24, 2.45) is 0 Å². The van der Waals surface area contributed by atoms with E-state index in [1.807, 2.05) is 37.4 Å². The van der Waals surface area contributed by atoms with Gasteiger partial charge in [-0.2, -0.15) is 5.26 Å². The topological polar surface area (TPSA) is 39.9 Å². The molecule has 19 heavy (non-hydrogen) atoms. The van der Waals surface area contributed by atoms with Crippen molar-refractivity contribution < 1.29 is 0 Å². The normalized spacial score (nSPS) is 11.7. The molecule has 0 amide bonds. The van der Waals surface area contributed by atoms with Crippen molar-refractivity contribution in [1.29, 1.82) is 5.26 Å². The Hall–Kier alpha value is -2.05. The molecule has 1 heterocycles. The molecule has 0 saturated heterocycles. The molecule has 0 bridgehead atoms. The number of halogens is 1. The van der Waals surface area contributed by atoms with Gasteiger partial charge >= 0.3 is 0 Å². The van der Waals surface area contributed by atoms with E-state index < -0.39 is 0 Å². The minimum Gasteiger partial charge on any atom is -0.353 e. The number of nitriles is 1. The summed E-state index contributed by atoms with van der Waals surface area (Å²) in [6, 6.07) is 13.6. The van der Waals surface area contributed by atoms with Gasteiger partial charge in [0.15, 0.2) is 0 Å². The van der Waals surface area contributed by atoms with E-state index in [9.17, 15) is 0 Å². The lowest BCUT2D eigenvalue weighted by Gasteiger charge is -2.26. The van der Waals surface area contributed by atoms with Crippen LogP contribution in [0, 0.1) is 11.3 Å². The van der Waals surface area contributed by atoms with E-state index in [0.29, 0.717) is 5.56 Å². The zero-order valence-electron chi connectivity index (χ0n) is 10.8. The highest BCUT2D eigenvalue weighted by atomic mass is 35.5. The Kier molecular flexibility index (Phi) is 4.03. The zero-order valence-corrected chi connectivity index (χ0v) is 11.6. The van der Waals surface area contributed by atoms with Crippen molar-refractivity contribution in [3.05, 3.63) is 58.7 Å². The summed E-state index contributed by atoms with van der Waals surface area (Å²) in [6.07, 6.45) is 1.58. The average molecular weight is 272 g/mol. The number of hydrogen-bond acceptors (Lipinski definition) is 3. The van der Waals surface area contributed by atoms with Gasteiger partial charge < -0.3 is 4.90 Å². The molecule has 1 aromatic heterocycles. The largest absolute Gasteiger partial charge is 0.353 e. The molecule has 0 aliphatic heterocycles. The van der Waals surface area contributed by atoms with Crippen molar-refractivity contribution in [3.63, 3.8) is 0 Å². The molecular formula is C15H14ClN3. The maximum atomic E-state index is 8.76. The predicted molar refractivity (Wildman–Crippen MR) is 77.2 cm³/mol. The zero-order chi connectivity index (χ0) is 13.8. The Balaban J connectivity index is 2.20. The minimum atomic E-state index is 0.178. The Morgan fingerprint density at radius 2 is 1.89 bits per heavy atom. The van der Waals surface area contributed by atoms with Gasteiger partial charge in [0.05, 0.1) is 11.6 Å². The molecule has 2 rings (SSSR count). The molecule has 0 radical (unpaired) electrons. The molecule has 1 aromatic carbocycles. The van der Waals surface area contributed by atoms with Crippen molar-refractivity contribution in [2.75, 3.05) is 11.9 Å². The summed E-state index contributed by atoms with van der Waals surface area (Å²) in [4.78, 5) is 6.35. The minimum absolute atomic E-state index is 0.178. The maximum Gasteiger partial charge on any atom is 0.128 e. The standard InChI is InChI=1S/C15H14ClN3/c1-11(13-4-6-14(16)7-5-13)19(2)15-8-3-12(9-17)10-18-15/h3-8,10-11H,1-2H3. The van der Waals surface area contributed by atoms with E-state index in [1.165, 1.54) is 0 Å². The highest BCUT2D eigenvalue weighted by Crippen LogP contribution is 2.24. The van der Waals surface area contributed by atoms with Gasteiger partial charge in [0.2, 0.25) is 0 Å². The number of hydrogen-bond donors (Lipinski definition) is 0. The van der Waals surface area contributed by atoms with Crippen LogP contribution in [0.3, 0.4) is 0 Å². The molecule has 0 fully saturated rings. The van der Waals surface area contributed by atoms with Crippen molar-refractivity contribution in [1.82, 2.24) is 4.98 Å².